The molecule has 5 heteroatoms. The van der Waals surface area contributed by atoms with Crippen LogP contribution in [0.3, 0.4) is 0 Å². The largest absolute Gasteiger partial charge is 0.339 e. The maximum atomic E-state index is 4.50. The third-order valence-electron chi connectivity index (χ3n) is 3.83. The molecule has 1 aromatic heterocycles. The Morgan fingerprint density at radius 1 is 1.12 bits per heavy atom. The maximum Gasteiger partial charge on any atom is 0.245 e. The number of hydrogen-bond donors (Lipinski definition) is 1. The van der Waals surface area contributed by atoms with Crippen LogP contribution in [0.2, 0.25) is 0 Å². The fourth-order valence-corrected chi connectivity index (χ4v) is 2.03. The minimum Gasteiger partial charge on any atom is -0.339 e. The van der Waals surface area contributed by atoms with Crippen molar-refractivity contribution >= 4 is 5.95 Å². The van der Waals surface area contributed by atoms with Crippen molar-refractivity contribution in [2.24, 2.45) is 0 Å². The van der Waals surface area contributed by atoms with E-state index < -0.39 is 0 Å². The van der Waals surface area contributed by atoms with Crippen LogP contribution in [0, 0.1) is 13.8 Å². The number of nitrogens with zero attached hydrogens (tertiary/aromatic N) is 4. The van der Waals surface area contributed by atoms with Crippen molar-refractivity contribution in [2.75, 3.05) is 25.0 Å². The van der Waals surface area contributed by atoms with Crippen molar-refractivity contribution in [3.63, 3.8) is 0 Å². The van der Waals surface area contributed by atoms with Crippen LogP contribution < -0.4 is 10.2 Å². The first-order valence-electron chi connectivity index (χ1n) is 6.16. The summed E-state index contributed by atoms with van der Waals surface area (Å²) in [5.41, 5.74) is 2.13. The van der Waals surface area contributed by atoms with E-state index in [1.807, 2.05) is 20.9 Å². The summed E-state index contributed by atoms with van der Waals surface area (Å²) in [6.07, 6.45) is 2.22. The van der Waals surface area contributed by atoms with E-state index in [0.29, 0.717) is 0 Å². The van der Waals surface area contributed by atoms with Crippen molar-refractivity contribution in [2.45, 2.75) is 39.2 Å². The molecule has 1 saturated heterocycles. The van der Waals surface area contributed by atoms with E-state index in [2.05, 4.69) is 32.3 Å². The van der Waals surface area contributed by atoms with E-state index in [9.17, 15) is 0 Å². The molecule has 0 unspecified atom stereocenters. The van der Waals surface area contributed by atoms with Gasteiger partial charge in [-0.15, -0.1) is 5.10 Å². The Hall–Kier alpha value is -1.23. The summed E-state index contributed by atoms with van der Waals surface area (Å²) in [5, 5.41) is 11.7. The zero-order valence-electron chi connectivity index (χ0n) is 11.1. The van der Waals surface area contributed by atoms with Crippen LogP contribution in [0.15, 0.2) is 0 Å². The maximum absolute atomic E-state index is 4.50. The molecule has 1 aliphatic rings. The highest BCUT2D eigenvalue weighted by molar-refractivity contribution is 5.31. The molecule has 1 N–H and O–H groups in total. The Kier molecular flexibility index (Phi) is 3.28. The second-order valence-corrected chi connectivity index (χ2v) is 5.08. The summed E-state index contributed by atoms with van der Waals surface area (Å²) in [5.74, 6) is 0.770. The summed E-state index contributed by atoms with van der Waals surface area (Å²) in [6.45, 7) is 8.16. The van der Waals surface area contributed by atoms with Gasteiger partial charge in [-0.3, -0.25) is 0 Å². The Morgan fingerprint density at radius 2 is 1.76 bits per heavy atom. The molecule has 2 rings (SSSR count). The van der Waals surface area contributed by atoms with E-state index in [0.717, 1.165) is 43.3 Å². The number of aromatic nitrogens is 3. The molecule has 0 atom stereocenters. The third kappa shape index (κ3) is 2.54. The lowest BCUT2D eigenvalue weighted by Crippen LogP contribution is -2.50. The normalized spacial score (nSPS) is 19.4. The van der Waals surface area contributed by atoms with Gasteiger partial charge < -0.3 is 10.2 Å². The highest BCUT2D eigenvalue weighted by Gasteiger charge is 2.29. The molecule has 0 bridgehead atoms. The van der Waals surface area contributed by atoms with Crippen LogP contribution in [-0.4, -0.2) is 40.9 Å². The molecular weight excluding hydrogens is 214 g/mol. The van der Waals surface area contributed by atoms with Crippen molar-refractivity contribution in [3.8, 4) is 0 Å². The molecular formula is C12H21N5. The molecule has 0 spiro atoms. The van der Waals surface area contributed by atoms with Gasteiger partial charge in [0.1, 0.15) is 0 Å². The number of rotatable bonds is 2. The minimum atomic E-state index is 0.254. The van der Waals surface area contributed by atoms with Crippen LogP contribution in [0.4, 0.5) is 5.95 Å². The standard InChI is InChI=1S/C12H21N5/c1-9-10(2)15-16-11(14-9)17-7-5-12(3,13-4)6-8-17/h13H,5-8H2,1-4H3. The molecule has 1 fully saturated rings. The van der Waals surface area contributed by atoms with Gasteiger partial charge in [0.25, 0.3) is 0 Å². The van der Waals surface area contributed by atoms with Gasteiger partial charge >= 0.3 is 0 Å². The molecule has 0 aromatic carbocycles. The van der Waals surface area contributed by atoms with Gasteiger partial charge in [-0.05, 0) is 40.7 Å². The molecule has 0 amide bonds. The first-order valence-corrected chi connectivity index (χ1v) is 6.16. The first-order chi connectivity index (χ1) is 8.04. The van der Waals surface area contributed by atoms with Gasteiger partial charge in [0, 0.05) is 18.6 Å². The van der Waals surface area contributed by atoms with Crippen LogP contribution in [0.25, 0.3) is 0 Å². The molecule has 0 radical (unpaired) electrons. The van der Waals surface area contributed by atoms with Gasteiger partial charge in [0.2, 0.25) is 5.95 Å². The van der Waals surface area contributed by atoms with E-state index in [4.69, 9.17) is 0 Å². The highest BCUT2D eigenvalue weighted by atomic mass is 15.3. The van der Waals surface area contributed by atoms with Crippen LogP contribution in [0.5, 0.6) is 0 Å². The van der Waals surface area contributed by atoms with Crippen molar-refractivity contribution in [3.05, 3.63) is 11.4 Å². The average molecular weight is 235 g/mol. The summed E-state index contributed by atoms with van der Waals surface area (Å²) in [7, 11) is 2.03. The number of aryl methyl sites for hydroxylation is 2. The average Bonchev–Trinajstić information content (AvgIpc) is 2.34. The lowest BCUT2D eigenvalue weighted by atomic mass is 9.90. The Balaban J connectivity index is 2.08. The molecule has 5 nitrogen and oxygen atoms in total. The third-order valence-corrected chi connectivity index (χ3v) is 3.83. The van der Waals surface area contributed by atoms with Gasteiger partial charge in [0.15, 0.2) is 0 Å². The highest BCUT2D eigenvalue weighted by Crippen LogP contribution is 2.23. The minimum absolute atomic E-state index is 0.254. The number of anilines is 1. The summed E-state index contributed by atoms with van der Waals surface area (Å²) < 4.78 is 0. The molecule has 1 aromatic rings. The fraction of sp³-hybridized carbons (Fsp3) is 0.750. The summed E-state index contributed by atoms with van der Waals surface area (Å²) >= 11 is 0. The molecule has 0 aliphatic carbocycles. The second kappa shape index (κ2) is 4.56. The Labute approximate surface area is 103 Å². The first kappa shape index (κ1) is 12.2. The SMILES string of the molecule is CNC1(C)CCN(c2nnc(C)c(C)n2)CC1. The quantitative estimate of drug-likeness (QED) is 0.831. The number of nitrogens with one attached hydrogen (secondary N) is 1. The number of hydrogen-bond acceptors (Lipinski definition) is 5. The fourth-order valence-electron chi connectivity index (χ4n) is 2.03. The lowest BCUT2D eigenvalue weighted by Gasteiger charge is -2.39. The Bertz CT molecular complexity index is 396. The zero-order valence-corrected chi connectivity index (χ0v) is 11.1. The van der Waals surface area contributed by atoms with Gasteiger partial charge in [0.05, 0.1) is 11.4 Å². The monoisotopic (exact) mass is 235 g/mol. The Morgan fingerprint density at radius 3 is 2.29 bits per heavy atom. The van der Waals surface area contributed by atoms with Crippen molar-refractivity contribution in [1.82, 2.24) is 20.5 Å². The van der Waals surface area contributed by atoms with Crippen LogP contribution >= 0.6 is 0 Å². The van der Waals surface area contributed by atoms with E-state index in [1.165, 1.54) is 0 Å². The topological polar surface area (TPSA) is 53.9 Å². The molecule has 17 heavy (non-hydrogen) atoms. The zero-order chi connectivity index (χ0) is 12.5. The van der Waals surface area contributed by atoms with Gasteiger partial charge in [-0.25, -0.2) is 4.98 Å². The van der Waals surface area contributed by atoms with Gasteiger partial charge in [-0.2, -0.15) is 5.10 Å². The van der Waals surface area contributed by atoms with Crippen molar-refractivity contribution < 1.29 is 0 Å². The molecule has 94 valence electrons. The smallest absolute Gasteiger partial charge is 0.245 e. The van der Waals surface area contributed by atoms with Crippen LogP contribution in [-0.2, 0) is 0 Å². The predicted molar refractivity (Wildman–Crippen MR) is 68.2 cm³/mol. The van der Waals surface area contributed by atoms with Crippen LogP contribution in [0.1, 0.15) is 31.2 Å². The van der Waals surface area contributed by atoms with E-state index >= 15 is 0 Å². The lowest BCUT2D eigenvalue weighted by molar-refractivity contribution is 0.303. The second-order valence-electron chi connectivity index (χ2n) is 5.08. The van der Waals surface area contributed by atoms with E-state index in [-0.39, 0.29) is 5.54 Å². The molecule has 1 aliphatic heterocycles. The predicted octanol–water partition coefficient (Wildman–Crippen LogP) is 1.07. The van der Waals surface area contributed by atoms with E-state index in [1.54, 1.807) is 0 Å². The molecule has 2 heterocycles. The van der Waals surface area contributed by atoms with Gasteiger partial charge in [-0.1, -0.05) is 0 Å². The summed E-state index contributed by atoms with van der Waals surface area (Å²) in [6, 6.07) is 0. The van der Waals surface area contributed by atoms with Crippen molar-refractivity contribution in [1.29, 1.82) is 0 Å². The number of piperidine rings is 1. The molecule has 0 saturated carbocycles. The summed E-state index contributed by atoms with van der Waals surface area (Å²) in [4.78, 5) is 6.72.